The molecule has 2 N–H and O–H groups in total. The zero-order valence-corrected chi connectivity index (χ0v) is 9.57. The van der Waals surface area contributed by atoms with Crippen molar-refractivity contribution in [1.82, 2.24) is 4.98 Å². The number of hydrogen-bond acceptors (Lipinski definition) is 4. The van der Waals surface area contributed by atoms with Crippen LogP contribution in [0.15, 0.2) is 18.2 Å². The Labute approximate surface area is 94.0 Å². The van der Waals surface area contributed by atoms with Gasteiger partial charge in [-0.15, -0.1) is 0 Å². The minimum Gasteiger partial charge on any atom is -0.497 e. The van der Waals surface area contributed by atoms with Crippen molar-refractivity contribution in [3.05, 3.63) is 23.8 Å². The Kier molecular flexibility index (Phi) is 2.56. The van der Waals surface area contributed by atoms with Crippen LogP contribution in [0, 0.1) is 6.92 Å². The summed E-state index contributed by atoms with van der Waals surface area (Å²) in [7, 11) is 3.23. The predicted octanol–water partition coefficient (Wildman–Crippen LogP) is 2.14. The molecule has 0 aliphatic rings. The van der Waals surface area contributed by atoms with Crippen molar-refractivity contribution in [1.29, 1.82) is 0 Å². The van der Waals surface area contributed by atoms with Crippen LogP contribution in [0.3, 0.4) is 0 Å². The average Bonchev–Trinajstić information content (AvgIpc) is 2.29. The number of benzene rings is 1. The standard InChI is InChI=1S/C12H14N2O2/c1-7-4-9-10(14-12(7)13)5-8(15-2)6-11(9)16-3/h4-6H,1-3H3,(H2,13,14). The van der Waals surface area contributed by atoms with Crippen molar-refractivity contribution in [3.8, 4) is 11.5 Å². The number of ether oxygens (including phenoxy) is 2. The number of anilines is 1. The number of methoxy groups -OCH3 is 2. The summed E-state index contributed by atoms with van der Waals surface area (Å²) in [6, 6.07) is 5.64. The van der Waals surface area contributed by atoms with Crippen molar-refractivity contribution < 1.29 is 9.47 Å². The maximum atomic E-state index is 5.78. The minimum absolute atomic E-state index is 0.530. The lowest BCUT2D eigenvalue weighted by Crippen LogP contribution is -1.96. The normalized spacial score (nSPS) is 10.4. The molecule has 4 nitrogen and oxygen atoms in total. The lowest BCUT2D eigenvalue weighted by Gasteiger charge is -2.09. The Morgan fingerprint density at radius 3 is 2.50 bits per heavy atom. The highest BCUT2D eigenvalue weighted by atomic mass is 16.5. The van der Waals surface area contributed by atoms with Gasteiger partial charge in [0.1, 0.15) is 17.3 Å². The first-order chi connectivity index (χ1) is 7.65. The number of fused-ring (bicyclic) bond motifs is 1. The Hall–Kier alpha value is -1.97. The second-order valence-electron chi connectivity index (χ2n) is 3.59. The van der Waals surface area contributed by atoms with Gasteiger partial charge in [0.15, 0.2) is 0 Å². The summed E-state index contributed by atoms with van der Waals surface area (Å²) in [6.45, 7) is 1.92. The van der Waals surface area contributed by atoms with Crippen LogP contribution in [-0.2, 0) is 0 Å². The average molecular weight is 218 g/mol. The topological polar surface area (TPSA) is 57.4 Å². The van der Waals surface area contributed by atoms with E-state index in [1.54, 1.807) is 14.2 Å². The van der Waals surface area contributed by atoms with Gasteiger partial charge in [0.05, 0.1) is 19.7 Å². The first-order valence-corrected chi connectivity index (χ1v) is 4.94. The number of rotatable bonds is 2. The first-order valence-electron chi connectivity index (χ1n) is 4.94. The molecule has 0 atom stereocenters. The molecule has 0 fully saturated rings. The zero-order chi connectivity index (χ0) is 11.7. The van der Waals surface area contributed by atoms with Gasteiger partial charge in [-0.1, -0.05) is 0 Å². The third-order valence-electron chi connectivity index (χ3n) is 2.56. The second-order valence-corrected chi connectivity index (χ2v) is 3.59. The molecule has 4 heteroatoms. The number of hydrogen-bond donors (Lipinski definition) is 1. The maximum absolute atomic E-state index is 5.78. The summed E-state index contributed by atoms with van der Waals surface area (Å²) in [6.07, 6.45) is 0. The highest BCUT2D eigenvalue weighted by molar-refractivity contribution is 5.88. The summed E-state index contributed by atoms with van der Waals surface area (Å²) in [5.74, 6) is 1.98. The van der Waals surface area contributed by atoms with Gasteiger partial charge in [-0.25, -0.2) is 4.98 Å². The van der Waals surface area contributed by atoms with Crippen LogP contribution in [0.1, 0.15) is 5.56 Å². The Morgan fingerprint density at radius 2 is 1.88 bits per heavy atom. The van der Waals surface area contributed by atoms with E-state index in [4.69, 9.17) is 15.2 Å². The Balaban J connectivity index is 2.79. The van der Waals surface area contributed by atoms with E-state index in [1.807, 2.05) is 25.1 Å². The van der Waals surface area contributed by atoms with Crippen LogP contribution in [0.25, 0.3) is 10.9 Å². The van der Waals surface area contributed by atoms with Gasteiger partial charge in [0.25, 0.3) is 0 Å². The van der Waals surface area contributed by atoms with E-state index in [0.29, 0.717) is 11.6 Å². The number of nitrogens with zero attached hydrogens (tertiary/aromatic N) is 1. The molecule has 0 saturated heterocycles. The first kappa shape index (κ1) is 10.5. The lowest BCUT2D eigenvalue weighted by molar-refractivity contribution is 0.398. The molecule has 0 radical (unpaired) electrons. The monoisotopic (exact) mass is 218 g/mol. The smallest absolute Gasteiger partial charge is 0.131 e. The summed E-state index contributed by atoms with van der Waals surface area (Å²) in [5.41, 5.74) is 7.49. The number of pyridine rings is 1. The Morgan fingerprint density at radius 1 is 1.12 bits per heavy atom. The van der Waals surface area contributed by atoms with Crippen molar-refractivity contribution in [2.45, 2.75) is 6.92 Å². The Bertz CT molecular complexity index is 538. The van der Waals surface area contributed by atoms with Gasteiger partial charge in [0, 0.05) is 17.5 Å². The molecule has 1 heterocycles. The van der Waals surface area contributed by atoms with Gasteiger partial charge in [0.2, 0.25) is 0 Å². The van der Waals surface area contributed by atoms with Gasteiger partial charge in [-0.05, 0) is 18.6 Å². The molecular formula is C12H14N2O2. The van der Waals surface area contributed by atoms with E-state index in [0.717, 1.165) is 22.2 Å². The van der Waals surface area contributed by atoms with E-state index in [9.17, 15) is 0 Å². The lowest BCUT2D eigenvalue weighted by atomic mass is 10.1. The quantitative estimate of drug-likeness (QED) is 0.839. The molecule has 0 aliphatic carbocycles. The fourth-order valence-electron chi connectivity index (χ4n) is 1.62. The molecule has 84 valence electrons. The van der Waals surface area contributed by atoms with Crippen molar-refractivity contribution in [3.63, 3.8) is 0 Å². The van der Waals surface area contributed by atoms with E-state index >= 15 is 0 Å². The minimum atomic E-state index is 0.530. The molecule has 16 heavy (non-hydrogen) atoms. The number of nitrogen functional groups attached to an aromatic ring is 1. The third-order valence-corrected chi connectivity index (χ3v) is 2.56. The molecule has 0 spiro atoms. The molecule has 0 saturated carbocycles. The van der Waals surface area contributed by atoms with E-state index in [-0.39, 0.29) is 0 Å². The largest absolute Gasteiger partial charge is 0.497 e. The summed E-state index contributed by atoms with van der Waals surface area (Å²) in [5, 5.41) is 0.940. The highest BCUT2D eigenvalue weighted by Crippen LogP contribution is 2.31. The predicted molar refractivity (Wildman–Crippen MR) is 64.0 cm³/mol. The van der Waals surface area contributed by atoms with E-state index in [2.05, 4.69) is 4.98 Å². The van der Waals surface area contributed by atoms with Gasteiger partial charge < -0.3 is 15.2 Å². The molecule has 2 rings (SSSR count). The van der Waals surface area contributed by atoms with Gasteiger partial charge in [-0.2, -0.15) is 0 Å². The van der Waals surface area contributed by atoms with Gasteiger partial charge >= 0.3 is 0 Å². The molecule has 0 aliphatic heterocycles. The third kappa shape index (κ3) is 1.62. The van der Waals surface area contributed by atoms with Crippen molar-refractivity contribution in [2.75, 3.05) is 20.0 Å². The molecule has 2 aromatic rings. The maximum Gasteiger partial charge on any atom is 0.131 e. The molecule has 0 bridgehead atoms. The highest BCUT2D eigenvalue weighted by Gasteiger charge is 2.08. The van der Waals surface area contributed by atoms with Crippen LogP contribution in [0.2, 0.25) is 0 Å². The molecular weight excluding hydrogens is 204 g/mol. The summed E-state index contributed by atoms with van der Waals surface area (Å²) in [4.78, 5) is 4.31. The molecule has 1 aromatic heterocycles. The summed E-state index contributed by atoms with van der Waals surface area (Å²) < 4.78 is 10.5. The SMILES string of the molecule is COc1cc(OC)c2cc(C)c(N)nc2c1. The number of aryl methyl sites for hydroxylation is 1. The fraction of sp³-hybridized carbons (Fsp3) is 0.250. The van der Waals surface area contributed by atoms with Crippen LogP contribution < -0.4 is 15.2 Å². The van der Waals surface area contributed by atoms with Crippen LogP contribution >= 0.6 is 0 Å². The van der Waals surface area contributed by atoms with E-state index < -0.39 is 0 Å². The molecule has 1 aromatic carbocycles. The number of nitrogens with two attached hydrogens (primary N) is 1. The molecule has 0 amide bonds. The second kappa shape index (κ2) is 3.89. The van der Waals surface area contributed by atoms with E-state index in [1.165, 1.54) is 0 Å². The van der Waals surface area contributed by atoms with Crippen molar-refractivity contribution in [2.24, 2.45) is 0 Å². The van der Waals surface area contributed by atoms with Crippen LogP contribution in [-0.4, -0.2) is 19.2 Å². The number of aromatic nitrogens is 1. The summed E-state index contributed by atoms with van der Waals surface area (Å²) >= 11 is 0. The van der Waals surface area contributed by atoms with Crippen LogP contribution in [0.4, 0.5) is 5.82 Å². The van der Waals surface area contributed by atoms with Crippen molar-refractivity contribution >= 4 is 16.7 Å². The fourth-order valence-corrected chi connectivity index (χ4v) is 1.62. The molecule has 0 unspecified atom stereocenters. The van der Waals surface area contributed by atoms with Crippen LogP contribution in [0.5, 0.6) is 11.5 Å². The zero-order valence-electron chi connectivity index (χ0n) is 9.57. The van der Waals surface area contributed by atoms with Gasteiger partial charge in [-0.3, -0.25) is 0 Å².